The van der Waals surface area contributed by atoms with Crippen molar-refractivity contribution >= 4 is 23.5 Å². The van der Waals surface area contributed by atoms with Crippen LogP contribution in [-0.2, 0) is 25.5 Å². The van der Waals surface area contributed by atoms with Crippen LogP contribution in [0.25, 0.3) is 0 Å². The van der Waals surface area contributed by atoms with Crippen molar-refractivity contribution in [3.63, 3.8) is 0 Å². The lowest BCUT2D eigenvalue weighted by Crippen LogP contribution is -2.45. The molecule has 0 aromatic heterocycles. The molecule has 2 fully saturated rings. The van der Waals surface area contributed by atoms with E-state index in [2.05, 4.69) is 13.8 Å². The van der Waals surface area contributed by atoms with Gasteiger partial charge in [-0.2, -0.15) is 0 Å². The maximum atomic E-state index is 12.6. The number of rotatable bonds is 4. The Kier molecular flexibility index (Phi) is 5.61. The Morgan fingerprint density at radius 1 is 1.17 bits per heavy atom. The van der Waals surface area contributed by atoms with Crippen LogP contribution >= 0.6 is 0 Å². The second-order valence-corrected chi connectivity index (χ2v) is 8.81. The molecule has 6 heteroatoms. The van der Waals surface area contributed by atoms with Gasteiger partial charge in [-0.3, -0.25) is 14.4 Å². The predicted molar refractivity (Wildman–Crippen MR) is 109 cm³/mol. The van der Waals surface area contributed by atoms with E-state index >= 15 is 0 Å². The molecule has 1 aromatic carbocycles. The maximum absolute atomic E-state index is 12.6. The average molecular weight is 399 g/mol. The summed E-state index contributed by atoms with van der Waals surface area (Å²) in [7, 11) is 0. The molecule has 3 aliphatic rings. The Labute approximate surface area is 172 Å². The van der Waals surface area contributed by atoms with E-state index in [0.717, 1.165) is 30.5 Å². The fourth-order valence-electron chi connectivity index (χ4n) is 5.13. The maximum Gasteiger partial charge on any atom is 0.311 e. The quantitative estimate of drug-likeness (QED) is 0.732. The molecule has 29 heavy (non-hydrogen) atoms. The van der Waals surface area contributed by atoms with Crippen LogP contribution in [0.1, 0.15) is 45.1 Å². The molecule has 0 N–H and O–H groups in total. The summed E-state index contributed by atoms with van der Waals surface area (Å²) >= 11 is 0. The van der Waals surface area contributed by atoms with Gasteiger partial charge in [-0.25, -0.2) is 0 Å². The smallest absolute Gasteiger partial charge is 0.311 e. The van der Waals surface area contributed by atoms with Gasteiger partial charge in [-0.1, -0.05) is 44.9 Å². The van der Waals surface area contributed by atoms with Gasteiger partial charge in [0, 0.05) is 31.2 Å². The number of hydrogen-bond acceptors (Lipinski definition) is 4. The third-order valence-corrected chi connectivity index (χ3v) is 7.08. The van der Waals surface area contributed by atoms with Crippen LogP contribution in [0.3, 0.4) is 0 Å². The van der Waals surface area contributed by atoms with Crippen molar-refractivity contribution in [2.75, 3.05) is 24.6 Å². The summed E-state index contributed by atoms with van der Waals surface area (Å²) in [5.41, 5.74) is 2.04. The molecule has 156 valence electrons. The zero-order valence-corrected chi connectivity index (χ0v) is 17.3. The minimum absolute atomic E-state index is 0.0395. The van der Waals surface area contributed by atoms with Crippen LogP contribution in [0.5, 0.6) is 0 Å². The van der Waals surface area contributed by atoms with Crippen LogP contribution in [0, 0.1) is 17.8 Å². The number of likely N-dealkylation sites (tertiary alicyclic amines) is 1. The van der Waals surface area contributed by atoms with Crippen LogP contribution < -0.4 is 4.90 Å². The number of esters is 1. The number of carbonyl (C=O) groups is 3. The first-order valence-electron chi connectivity index (χ1n) is 10.8. The van der Waals surface area contributed by atoms with E-state index in [0.29, 0.717) is 24.9 Å². The van der Waals surface area contributed by atoms with Crippen LogP contribution in [0.15, 0.2) is 24.3 Å². The fourth-order valence-corrected chi connectivity index (χ4v) is 5.13. The van der Waals surface area contributed by atoms with Gasteiger partial charge in [0.25, 0.3) is 5.91 Å². The lowest BCUT2D eigenvalue weighted by Gasteiger charge is -2.39. The summed E-state index contributed by atoms with van der Waals surface area (Å²) in [5, 5.41) is 0. The second-order valence-electron chi connectivity index (χ2n) is 8.81. The number of benzene rings is 1. The summed E-state index contributed by atoms with van der Waals surface area (Å²) in [6.07, 6.45) is 4.34. The van der Waals surface area contributed by atoms with Crippen LogP contribution in [-0.4, -0.2) is 48.4 Å². The van der Waals surface area contributed by atoms with Crippen LogP contribution in [0.2, 0.25) is 0 Å². The molecule has 2 amide bonds. The first-order valence-corrected chi connectivity index (χ1v) is 10.8. The largest absolute Gasteiger partial charge is 0.455 e. The zero-order chi connectivity index (χ0) is 20.5. The van der Waals surface area contributed by atoms with Gasteiger partial charge in [-0.05, 0) is 36.3 Å². The summed E-state index contributed by atoms with van der Waals surface area (Å²) in [6.45, 7) is 5.21. The van der Waals surface area contributed by atoms with Crippen molar-refractivity contribution < 1.29 is 19.1 Å². The van der Waals surface area contributed by atoms with Gasteiger partial charge >= 0.3 is 5.97 Å². The monoisotopic (exact) mass is 398 g/mol. The van der Waals surface area contributed by atoms with Crippen molar-refractivity contribution in [2.45, 2.75) is 52.0 Å². The minimum atomic E-state index is -0.467. The van der Waals surface area contributed by atoms with E-state index in [4.69, 9.17) is 4.74 Å². The summed E-state index contributed by atoms with van der Waals surface area (Å²) in [5.74, 6) is -0.0338. The van der Waals surface area contributed by atoms with Gasteiger partial charge in [0.2, 0.25) is 5.91 Å². The van der Waals surface area contributed by atoms with E-state index in [1.807, 2.05) is 29.2 Å². The van der Waals surface area contributed by atoms with E-state index in [1.54, 1.807) is 4.90 Å². The molecule has 0 bridgehead atoms. The number of anilines is 1. The van der Waals surface area contributed by atoms with Crippen LogP contribution in [0.4, 0.5) is 5.69 Å². The Balaban J connectivity index is 1.32. The molecule has 0 spiro atoms. The number of amides is 2. The predicted octanol–water partition coefficient (Wildman–Crippen LogP) is 2.79. The number of ether oxygens (including phenoxy) is 1. The lowest BCUT2D eigenvalue weighted by molar-refractivity contribution is -0.151. The first-order chi connectivity index (χ1) is 14.0. The summed E-state index contributed by atoms with van der Waals surface area (Å²) in [4.78, 5) is 41.3. The first kappa shape index (κ1) is 19.9. The molecule has 4 rings (SSSR count). The standard InChI is InChI=1S/C23H30N2O4/c1-15-6-5-9-19(16(15)2)25-13-18(12-21(25)26)23(28)29-14-22(27)24-11-10-17-7-3-4-8-20(17)24/h3-4,7-8,15-16,18-19H,5-6,9-14H2,1-2H3/t15-,16+,18+,19-/m0/s1. The Morgan fingerprint density at radius 2 is 1.97 bits per heavy atom. The lowest BCUT2D eigenvalue weighted by atomic mass is 9.77. The highest BCUT2D eigenvalue weighted by molar-refractivity contribution is 5.97. The number of carbonyl (C=O) groups excluding carboxylic acids is 3. The Bertz CT molecular complexity index is 808. The Hall–Kier alpha value is -2.37. The number of fused-ring (bicyclic) bond motifs is 1. The van der Waals surface area contributed by atoms with Crippen molar-refractivity contribution in [1.29, 1.82) is 0 Å². The molecule has 6 nitrogen and oxygen atoms in total. The SMILES string of the molecule is C[C@@H]1[C@@H](C)CCC[C@@H]1N1C[C@H](C(=O)OCC(=O)N2CCc3ccccc32)CC1=O. The molecular formula is C23H30N2O4. The fraction of sp³-hybridized carbons (Fsp3) is 0.609. The molecule has 0 unspecified atom stereocenters. The summed E-state index contributed by atoms with van der Waals surface area (Å²) in [6, 6.07) is 8.01. The molecule has 4 atom stereocenters. The van der Waals surface area contributed by atoms with E-state index in [9.17, 15) is 14.4 Å². The van der Waals surface area contributed by atoms with Crippen molar-refractivity contribution in [3.8, 4) is 0 Å². The molecule has 1 aromatic rings. The number of para-hydroxylation sites is 1. The van der Waals surface area contributed by atoms with E-state index in [1.165, 1.54) is 6.42 Å². The van der Waals surface area contributed by atoms with Gasteiger partial charge in [0.15, 0.2) is 6.61 Å². The molecule has 2 aliphatic heterocycles. The van der Waals surface area contributed by atoms with E-state index in [-0.39, 0.29) is 30.9 Å². The third kappa shape index (κ3) is 3.89. The van der Waals surface area contributed by atoms with Gasteiger partial charge in [-0.15, -0.1) is 0 Å². The van der Waals surface area contributed by atoms with Crippen molar-refractivity contribution in [2.24, 2.45) is 17.8 Å². The highest BCUT2D eigenvalue weighted by atomic mass is 16.5. The number of nitrogens with zero attached hydrogens (tertiary/aromatic N) is 2. The molecule has 0 radical (unpaired) electrons. The zero-order valence-electron chi connectivity index (χ0n) is 17.3. The normalized spacial score (nSPS) is 29.1. The summed E-state index contributed by atoms with van der Waals surface area (Å²) < 4.78 is 5.34. The molecule has 1 aliphatic carbocycles. The highest BCUT2D eigenvalue weighted by Gasteiger charge is 2.42. The topological polar surface area (TPSA) is 66.9 Å². The van der Waals surface area contributed by atoms with Gasteiger partial charge in [0.05, 0.1) is 5.92 Å². The molecule has 1 saturated heterocycles. The van der Waals surface area contributed by atoms with Crippen molar-refractivity contribution in [1.82, 2.24) is 4.90 Å². The van der Waals surface area contributed by atoms with E-state index < -0.39 is 11.9 Å². The minimum Gasteiger partial charge on any atom is -0.455 e. The Morgan fingerprint density at radius 3 is 2.79 bits per heavy atom. The van der Waals surface area contributed by atoms with Gasteiger partial charge in [0.1, 0.15) is 0 Å². The second kappa shape index (κ2) is 8.17. The van der Waals surface area contributed by atoms with Gasteiger partial charge < -0.3 is 14.5 Å². The third-order valence-electron chi connectivity index (χ3n) is 7.08. The highest BCUT2D eigenvalue weighted by Crippen LogP contribution is 2.36. The van der Waals surface area contributed by atoms with Crippen molar-refractivity contribution in [3.05, 3.63) is 29.8 Å². The molecule has 2 heterocycles. The number of hydrogen-bond donors (Lipinski definition) is 0. The molecule has 1 saturated carbocycles. The molecular weight excluding hydrogens is 368 g/mol. The average Bonchev–Trinajstić information content (AvgIpc) is 3.32.